The van der Waals surface area contributed by atoms with Gasteiger partial charge >= 0.3 is 0 Å². The van der Waals surface area contributed by atoms with E-state index in [4.69, 9.17) is 0 Å². The predicted octanol–water partition coefficient (Wildman–Crippen LogP) is 2.43. The van der Waals surface area contributed by atoms with Crippen LogP contribution in [0.25, 0.3) is 0 Å². The fraction of sp³-hybridized carbons (Fsp3) is 0.909. The van der Waals surface area contributed by atoms with Gasteiger partial charge in [0.1, 0.15) is 0 Å². The summed E-state index contributed by atoms with van der Waals surface area (Å²) in [6, 6.07) is 0. The molecule has 0 aromatic rings. The van der Waals surface area contributed by atoms with E-state index in [1.165, 1.54) is 25.7 Å². The molecule has 0 unspecified atom stereocenters. The summed E-state index contributed by atoms with van der Waals surface area (Å²) < 4.78 is 0.338. The average molecular weight is 215 g/mol. The molecule has 3 heteroatoms. The maximum Gasteiger partial charge on any atom is 0.222 e. The first-order valence-electron chi connectivity index (χ1n) is 5.42. The van der Waals surface area contributed by atoms with E-state index in [-0.39, 0.29) is 11.8 Å². The fourth-order valence-electron chi connectivity index (χ4n) is 1.92. The number of thioether (sulfide) groups is 1. The van der Waals surface area contributed by atoms with Crippen molar-refractivity contribution in [1.29, 1.82) is 0 Å². The van der Waals surface area contributed by atoms with Crippen LogP contribution >= 0.6 is 11.8 Å². The van der Waals surface area contributed by atoms with E-state index < -0.39 is 0 Å². The molecule has 1 fully saturated rings. The maximum absolute atomic E-state index is 11.4. The summed E-state index contributed by atoms with van der Waals surface area (Å²) in [6.07, 6.45) is 7.31. The zero-order valence-corrected chi connectivity index (χ0v) is 10.2. The van der Waals surface area contributed by atoms with Crippen LogP contribution in [-0.2, 0) is 4.79 Å². The summed E-state index contributed by atoms with van der Waals surface area (Å²) in [5.74, 6) is 0.292. The van der Waals surface area contributed by atoms with Crippen molar-refractivity contribution in [3.05, 3.63) is 0 Å². The molecule has 1 N–H and O–H groups in total. The van der Waals surface area contributed by atoms with Crippen molar-refractivity contribution in [2.24, 2.45) is 5.92 Å². The standard InChI is InChI=1S/C11H21NOS/c1-9(2)10(13)12-8-11(14-3)6-4-5-7-11/h9H,4-8H2,1-3H3,(H,12,13). The Kier molecular flexibility index (Phi) is 4.30. The topological polar surface area (TPSA) is 29.1 Å². The van der Waals surface area contributed by atoms with Gasteiger partial charge in [0.05, 0.1) is 0 Å². The van der Waals surface area contributed by atoms with Crippen LogP contribution in [0.4, 0.5) is 0 Å². The minimum Gasteiger partial charge on any atom is -0.354 e. The number of carbonyl (C=O) groups excluding carboxylic acids is 1. The molecule has 0 bridgehead atoms. The molecule has 0 saturated heterocycles. The molecule has 1 saturated carbocycles. The van der Waals surface area contributed by atoms with Crippen LogP contribution in [0.15, 0.2) is 0 Å². The van der Waals surface area contributed by atoms with Gasteiger partial charge in [-0.2, -0.15) is 11.8 Å². The highest BCUT2D eigenvalue weighted by atomic mass is 32.2. The molecule has 0 atom stereocenters. The second-order valence-corrected chi connectivity index (χ2v) is 5.74. The van der Waals surface area contributed by atoms with Gasteiger partial charge < -0.3 is 5.32 Å². The molecule has 0 aliphatic heterocycles. The molecule has 1 aliphatic carbocycles. The molecule has 1 rings (SSSR count). The van der Waals surface area contributed by atoms with Crippen LogP contribution in [0.1, 0.15) is 39.5 Å². The second kappa shape index (κ2) is 5.06. The Balaban J connectivity index is 2.38. The van der Waals surface area contributed by atoms with Crippen LogP contribution in [0.3, 0.4) is 0 Å². The van der Waals surface area contributed by atoms with Gasteiger partial charge in [0.25, 0.3) is 0 Å². The molecule has 0 radical (unpaired) electrons. The smallest absolute Gasteiger partial charge is 0.222 e. The summed E-state index contributed by atoms with van der Waals surface area (Å²) in [5.41, 5.74) is 0. The fourth-order valence-corrected chi connectivity index (χ4v) is 2.84. The zero-order valence-electron chi connectivity index (χ0n) is 9.43. The highest BCUT2D eigenvalue weighted by Gasteiger charge is 2.33. The van der Waals surface area contributed by atoms with Crippen molar-refractivity contribution in [2.75, 3.05) is 12.8 Å². The van der Waals surface area contributed by atoms with Gasteiger partial charge in [-0.05, 0) is 19.1 Å². The van der Waals surface area contributed by atoms with E-state index in [9.17, 15) is 4.79 Å². The number of hydrogen-bond acceptors (Lipinski definition) is 2. The van der Waals surface area contributed by atoms with E-state index in [0.29, 0.717) is 4.75 Å². The van der Waals surface area contributed by atoms with Gasteiger partial charge in [-0.25, -0.2) is 0 Å². The third kappa shape index (κ3) is 2.91. The molecule has 0 aromatic carbocycles. The summed E-state index contributed by atoms with van der Waals surface area (Å²) in [4.78, 5) is 11.4. The highest BCUT2D eigenvalue weighted by Crippen LogP contribution is 2.39. The summed E-state index contributed by atoms with van der Waals surface area (Å²) in [7, 11) is 0. The number of hydrogen-bond donors (Lipinski definition) is 1. The SMILES string of the molecule is CSC1(CNC(=O)C(C)C)CCCC1. The lowest BCUT2D eigenvalue weighted by atomic mass is 10.1. The summed E-state index contributed by atoms with van der Waals surface area (Å²) >= 11 is 1.92. The third-order valence-corrected chi connectivity index (χ3v) is 4.48. The molecular weight excluding hydrogens is 194 g/mol. The largest absolute Gasteiger partial charge is 0.354 e. The molecule has 0 spiro atoms. The normalized spacial score (nSPS) is 20.0. The van der Waals surface area contributed by atoms with Crippen LogP contribution in [0.5, 0.6) is 0 Å². The van der Waals surface area contributed by atoms with Crippen LogP contribution in [0.2, 0.25) is 0 Å². The monoisotopic (exact) mass is 215 g/mol. The van der Waals surface area contributed by atoms with Gasteiger partial charge in [0, 0.05) is 17.2 Å². The molecule has 2 nitrogen and oxygen atoms in total. The quantitative estimate of drug-likeness (QED) is 0.780. The lowest BCUT2D eigenvalue weighted by Crippen LogP contribution is -2.40. The first-order valence-corrected chi connectivity index (χ1v) is 6.65. The van der Waals surface area contributed by atoms with Crippen LogP contribution in [0, 0.1) is 5.92 Å². The summed E-state index contributed by atoms with van der Waals surface area (Å²) in [6.45, 7) is 4.73. The highest BCUT2D eigenvalue weighted by molar-refractivity contribution is 8.00. The Bertz CT molecular complexity index is 197. The van der Waals surface area contributed by atoms with Crippen LogP contribution in [-0.4, -0.2) is 23.5 Å². The Hall–Kier alpha value is -0.180. The molecule has 0 aromatic heterocycles. The van der Waals surface area contributed by atoms with Gasteiger partial charge in [0.2, 0.25) is 5.91 Å². The number of rotatable bonds is 4. The molecule has 1 amide bonds. The molecular formula is C11H21NOS. The Morgan fingerprint density at radius 1 is 1.43 bits per heavy atom. The van der Waals surface area contributed by atoms with Gasteiger partial charge in [-0.1, -0.05) is 26.7 Å². The van der Waals surface area contributed by atoms with Crippen molar-refractivity contribution in [3.63, 3.8) is 0 Å². The second-order valence-electron chi connectivity index (χ2n) is 4.47. The molecule has 82 valence electrons. The Labute approximate surface area is 91.2 Å². The first kappa shape index (κ1) is 11.9. The van der Waals surface area contributed by atoms with Gasteiger partial charge in [0.15, 0.2) is 0 Å². The van der Waals surface area contributed by atoms with E-state index in [0.717, 1.165) is 6.54 Å². The first-order chi connectivity index (χ1) is 6.59. The average Bonchev–Trinajstić information content (AvgIpc) is 2.63. The van der Waals surface area contributed by atoms with Crippen molar-refractivity contribution >= 4 is 17.7 Å². The predicted molar refractivity (Wildman–Crippen MR) is 62.6 cm³/mol. The minimum absolute atomic E-state index is 0.107. The number of amides is 1. The van der Waals surface area contributed by atoms with E-state index in [1.54, 1.807) is 0 Å². The molecule has 14 heavy (non-hydrogen) atoms. The van der Waals surface area contributed by atoms with Crippen molar-refractivity contribution in [3.8, 4) is 0 Å². The Morgan fingerprint density at radius 2 is 2.00 bits per heavy atom. The van der Waals surface area contributed by atoms with E-state index >= 15 is 0 Å². The third-order valence-electron chi connectivity index (χ3n) is 3.06. The zero-order chi connectivity index (χ0) is 10.6. The number of carbonyl (C=O) groups is 1. The van der Waals surface area contributed by atoms with E-state index in [1.807, 2.05) is 25.6 Å². The Morgan fingerprint density at radius 3 is 2.43 bits per heavy atom. The lowest BCUT2D eigenvalue weighted by molar-refractivity contribution is -0.124. The van der Waals surface area contributed by atoms with E-state index in [2.05, 4.69) is 11.6 Å². The molecule has 1 aliphatic rings. The van der Waals surface area contributed by atoms with Crippen LogP contribution < -0.4 is 5.32 Å². The molecule has 0 heterocycles. The lowest BCUT2D eigenvalue weighted by Gasteiger charge is -2.27. The minimum atomic E-state index is 0.107. The van der Waals surface area contributed by atoms with Gasteiger partial charge in [-0.3, -0.25) is 4.79 Å². The van der Waals surface area contributed by atoms with Crippen molar-refractivity contribution < 1.29 is 4.79 Å². The number of nitrogens with one attached hydrogen (secondary N) is 1. The maximum atomic E-state index is 11.4. The summed E-state index contributed by atoms with van der Waals surface area (Å²) in [5, 5.41) is 3.06. The van der Waals surface area contributed by atoms with Crippen molar-refractivity contribution in [2.45, 2.75) is 44.3 Å². The van der Waals surface area contributed by atoms with Crippen molar-refractivity contribution in [1.82, 2.24) is 5.32 Å². The van der Waals surface area contributed by atoms with Gasteiger partial charge in [-0.15, -0.1) is 0 Å².